The number of fused-ring (bicyclic) bond motifs is 1. The number of nitrogens with zero attached hydrogens (tertiary/aromatic N) is 1. The van der Waals surface area contributed by atoms with Gasteiger partial charge in [-0.25, -0.2) is 8.42 Å². The lowest BCUT2D eigenvalue weighted by atomic mass is 10.1. The van der Waals surface area contributed by atoms with Gasteiger partial charge >= 0.3 is 0 Å². The summed E-state index contributed by atoms with van der Waals surface area (Å²) in [6.45, 7) is 4.59. The molecular formula is C22H25N3O3S2. The van der Waals surface area contributed by atoms with Crippen LogP contribution in [0.5, 0.6) is 0 Å². The van der Waals surface area contributed by atoms with Crippen molar-refractivity contribution in [2.24, 2.45) is 4.99 Å². The third-order valence-corrected chi connectivity index (χ3v) is 8.48. The van der Waals surface area contributed by atoms with Crippen molar-refractivity contribution < 1.29 is 13.2 Å². The van der Waals surface area contributed by atoms with Crippen LogP contribution in [0.4, 0.5) is 5.69 Å². The van der Waals surface area contributed by atoms with Crippen molar-refractivity contribution in [2.45, 2.75) is 31.6 Å². The minimum atomic E-state index is -2.97. The van der Waals surface area contributed by atoms with Crippen molar-refractivity contribution in [1.29, 1.82) is 0 Å². The van der Waals surface area contributed by atoms with Crippen LogP contribution in [0, 0.1) is 13.8 Å². The quantitative estimate of drug-likeness (QED) is 0.742. The van der Waals surface area contributed by atoms with Gasteiger partial charge in [0.2, 0.25) is 0 Å². The normalized spacial score (nSPS) is 21.7. The lowest BCUT2D eigenvalue weighted by Gasteiger charge is -2.12. The van der Waals surface area contributed by atoms with Gasteiger partial charge in [0.25, 0.3) is 5.91 Å². The van der Waals surface area contributed by atoms with Crippen LogP contribution < -0.4 is 10.6 Å². The maximum atomic E-state index is 12.6. The third kappa shape index (κ3) is 4.87. The van der Waals surface area contributed by atoms with E-state index in [1.165, 1.54) is 22.9 Å². The predicted molar refractivity (Wildman–Crippen MR) is 123 cm³/mol. The Morgan fingerprint density at radius 1 is 1.17 bits per heavy atom. The number of rotatable bonds is 5. The molecule has 0 radical (unpaired) electrons. The van der Waals surface area contributed by atoms with E-state index in [4.69, 9.17) is 0 Å². The van der Waals surface area contributed by atoms with Crippen molar-refractivity contribution >= 4 is 38.4 Å². The van der Waals surface area contributed by atoms with Crippen LogP contribution in [0.2, 0.25) is 0 Å². The maximum Gasteiger partial charge on any atom is 0.251 e. The Bertz CT molecular complexity index is 1110. The number of benzene rings is 2. The molecule has 2 aliphatic rings. The maximum absolute atomic E-state index is 12.6. The van der Waals surface area contributed by atoms with Crippen LogP contribution in [0.1, 0.15) is 27.0 Å². The zero-order valence-corrected chi connectivity index (χ0v) is 18.6. The Morgan fingerprint density at radius 2 is 2.00 bits per heavy atom. The first-order valence-corrected chi connectivity index (χ1v) is 12.7. The lowest BCUT2D eigenvalue weighted by molar-refractivity contribution is 0.0954. The van der Waals surface area contributed by atoms with E-state index in [1.54, 1.807) is 0 Å². The van der Waals surface area contributed by atoms with E-state index >= 15 is 0 Å². The molecule has 1 amide bonds. The fourth-order valence-corrected chi connectivity index (χ4v) is 7.39. The van der Waals surface area contributed by atoms with Crippen LogP contribution >= 0.6 is 11.8 Å². The molecule has 6 nitrogen and oxygen atoms in total. The molecule has 30 heavy (non-hydrogen) atoms. The lowest BCUT2D eigenvalue weighted by Crippen LogP contribution is -2.26. The first kappa shape index (κ1) is 20.9. The number of anilines is 1. The number of hydrogen-bond acceptors (Lipinski definition) is 6. The fourth-order valence-electron chi connectivity index (χ4n) is 3.72. The van der Waals surface area contributed by atoms with Crippen molar-refractivity contribution in [1.82, 2.24) is 5.32 Å². The predicted octanol–water partition coefficient (Wildman–Crippen LogP) is 2.96. The molecule has 2 aromatic carbocycles. The fraction of sp³-hybridized carbons (Fsp3) is 0.364. The summed E-state index contributed by atoms with van der Waals surface area (Å²) in [5, 5.41) is 6.98. The molecule has 2 aromatic rings. The molecule has 1 saturated heterocycles. The Hall–Kier alpha value is -2.32. The Labute approximate surface area is 181 Å². The number of nitrogens with one attached hydrogen (secondary N) is 2. The summed E-state index contributed by atoms with van der Waals surface area (Å²) in [5.41, 5.74) is 4.81. The third-order valence-electron chi connectivity index (χ3n) is 5.34. The zero-order valence-electron chi connectivity index (χ0n) is 17.0. The highest BCUT2D eigenvalue weighted by molar-refractivity contribution is 8.15. The second-order valence-corrected chi connectivity index (χ2v) is 11.3. The van der Waals surface area contributed by atoms with Crippen LogP contribution in [-0.2, 0) is 16.3 Å². The molecule has 0 aliphatic carbocycles. The topological polar surface area (TPSA) is 87.6 Å². The summed E-state index contributed by atoms with van der Waals surface area (Å²) >= 11 is 1.47. The Morgan fingerprint density at radius 3 is 2.77 bits per heavy atom. The SMILES string of the molecule is Cc1cccc(CCNC(=O)c2ccc(C)c(NC3=N[C@@H]4CS(=O)(=O)C[C@H]4S3)c2)c1. The molecule has 0 unspecified atom stereocenters. The number of aryl methyl sites for hydroxylation is 2. The second-order valence-electron chi connectivity index (χ2n) is 7.88. The number of amides is 1. The van der Waals surface area contributed by atoms with E-state index in [2.05, 4.69) is 40.7 Å². The molecule has 0 bridgehead atoms. The van der Waals surface area contributed by atoms with E-state index in [0.29, 0.717) is 12.1 Å². The van der Waals surface area contributed by atoms with Crippen LogP contribution in [0.15, 0.2) is 47.5 Å². The molecule has 2 N–H and O–H groups in total. The van der Waals surface area contributed by atoms with Gasteiger partial charge in [0.1, 0.15) is 0 Å². The van der Waals surface area contributed by atoms with Crippen molar-refractivity contribution in [3.05, 3.63) is 64.7 Å². The van der Waals surface area contributed by atoms with E-state index in [0.717, 1.165) is 22.8 Å². The molecule has 0 saturated carbocycles. The van der Waals surface area contributed by atoms with Gasteiger partial charge in [-0.15, -0.1) is 0 Å². The van der Waals surface area contributed by atoms with Crippen molar-refractivity contribution in [2.75, 3.05) is 23.4 Å². The van der Waals surface area contributed by atoms with E-state index in [1.807, 2.05) is 31.2 Å². The molecule has 0 aromatic heterocycles. The first-order chi connectivity index (χ1) is 14.3. The summed E-state index contributed by atoms with van der Waals surface area (Å²) < 4.78 is 23.5. The number of sulfone groups is 1. The van der Waals surface area contributed by atoms with Crippen LogP contribution in [0.25, 0.3) is 0 Å². The van der Waals surface area contributed by atoms with Crippen molar-refractivity contribution in [3.63, 3.8) is 0 Å². The average Bonchev–Trinajstić information content (AvgIpc) is 3.16. The molecule has 0 spiro atoms. The molecular weight excluding hydrogens is 418 g/mol. The Kier molecular flexibility index (Phi) is 5.88. The van der Waals surface area contributed by atoms with Crippen molar-refractivity contribution in [3.8, 4) is 0 Å². The summed E-state index contributed by atoms with van der Waals surface area (Å²) in [4.78, 5) is 17.1. The smallest absolute Gasteiger partial charge is 0.251 e. The van der Waals surface area contributed by atoms with E-state index in [9.17, 15) is 13.2 Å². The second kappa shape index (κ2) is 8.43. The molecule has 4 rings (SSSR count). The largest absolute Gasteiger partial charge is 0.352 e. The van der Waals surface area contributed by atoms with Gasteiger partial charge in [-0.3, -0.25) is 9.79 Å². The average molecular weight is 444 g/mol. The van der Waals surface area contributed by atoms with E-state index < -0.39 is 9.84 Å². The molecule has 2 heterocycles. The number of thioether (sulfide) groups is 1. The summed E-state index contributed by atoms with van der Waals surface area (Å²) in [6.07, 6.45) is 0.781. The number of carbonyl (C=O) groups is 1. The van der Waals surface area contributed by atoms with Gasteiger partial charge in [0, 0.05) is 23.0 Å². The minimum absolute atomic E-state index is 0.00842. The highest BCUT2D eigenvalue weighted by Gasteiger charge is 2.42. The van der Waals surface area contributed by atoms with E-state index in [-0.39, 0.29) is 28.7 Å². The standard InChI is InChI=1S/C22H25N3O3S2/c1-14-4-3-5-16(10-14)8-9-23-21(26)17-7-6-15(2)18(11-17)24-22-25-19-12-30(27,28)13-20(19)29-22/h3-7,10-11,19-20H,8-9,12-13H2,1-2H3,(H,23,26)(H,24,25)/t19-,20-/m1/s1. The van der Waals surface area contributed by atoms with Gasteiger partial charge in [-0.1, -0.05) is 47.7 Å². The van der Waals surface area contributed by atoms with Gasteiger partial charge < -0.3 is 10.6 Å². The molecule has 8 heteroatoms. The summed E-state index contributed by atoms with van der Waals surface area (Å²) in [7, 11) is -2.97. The molecule has 2 atom stereocenters. The summed E-state index contributed by atoms with van der Waals surface area (Å²) in [6, 6.07) is 13.6. The molecule has 158 valence electrons. The zero-order chi connectivity index (χ0) is 21.3. The van der Waals surface area contributed by atoms with Gasteiger partial charge in [0.05, 0.1) is 17.5 Å². The highest BCUT2D eigenvalue weighted by Crippen LogP contribution is 2.35. The van der Waals surface area contributed by atoms with Gasteiger partial charge in [-0.05, 0) is 43.5 Å². The number of amidine groups is 1. The van der Waals surface area contributed by atoms with Gasteiger partial charge in [-0.2, -0.15) is 0 Å². The first-order valence-electron chi connectivity index (χ1n) is 9.95. The van der Waals surface area contributed by atoms with Gasteiger partial charge in [0.15, 0.2) is 15.0 Å². The minimum Gasteiger partial charge on any atom is -0.352 e. The monoisotopic (exact) mass is 443 g/mol. The Balaban J connectivity index is 1.38. The number of aliphatic imine (C=N–C) groups is 1. The number of carbonyl (C=O) groups excluding carboxylic acids is 1. The molecule has 1 fully saturated rings. The van der Waals surface area contributed by atoms with Crippen LogP contribution in [-0.4, -0.2) is 48.8 Å². The molecule has 2 aliphatic heterocycles. The summed E-state index contributed by atoms with van der Waals surface area (Å²) in [5.74, 6) is 0.187. The number of hydrogen-bond donors (Lipinski definition) is 2. The highest BCUT2D eigenvalue weighted by atomic mass is 32.2. The van der Waals surface area contributed by atoms with Crippen LogP contribution in [0.3, 0.4) is 0 Å².